The molecule has 0 spiro atoms. The van der Waals surface area contributed by atoms with Crippen LogP contribution in [0.5, 0.6) is 5.75 Å². The van der Waals surface area contributed by atoms with Crippen LogP contribution >= 0.6 is 11.3 Å². The maximum absolute atomic E-state index is 13.0. The maximum atomic E-state index is 13.0. The van der Waals surface area contributed by atoms with Crippen LogP contribution in [0.25, 0.3) is 20.7 Å². The summed E-state index contributed by atoms with van der Waals surface area (Å²) >= 11 is 1.33. The number of thiophene rings is 1. The summed E-state index contributed by atoms with van der Waals surface area (Å²) in [4.78, 5) is 30.4. The number of halogens is 1. The number of hydrogen-bond donors (Lipinski definition) is 0. The highest BCUT2D eigenvalue weighted by molar-refractivity contribution is 7.22. The topological polar surface area (TPSA) is 61.2 Å². The Balaban J connectivity index is 1.65. The normalized spacial score (nSPS) is 10.9. The zero-order chi connectivity index (χ0) is 19.7. The molecule has 4 rings (SSSR count). The molecule has 0 radical (unpaired) electrons. The number of carbonyl (C=O) groups is 1. The van der Waals surface area contributed by atoms with E-state index in [1.54, 1.807) is 7.11 Å². The minimum atomic E-state index is -0.415. The number of benzene rings is 2. The summed E-state index contributed by atoms with van der Waals surface area (Å²) in [5, 5.41) is 0. The smallest absolute Gasteiger partial charge is 0.271 e. The van der Waals surface area contributed by atoms with Crippen molar-refractivity contribution in [3.8, 4) is 16.2 Å². The molecule has 0 saturated carbocycles. The lowest BCUT2D eigenvalue weighted by Crippen LogP contribution is -2.24. The first-order valence-corrected chi connectivity index (χ1v) is 9.29. The van der Waals surface area contributed by atoms with Crippen molar-refractivity contribution in [3.63, 3.8) is 0 Å². The molecule has 0 aliphatic carbocycles. The third kappa shape index (κ3) is 3.44. The van der Waals surface area contributed by atoms with Gasteiger partial charge >= 0.3 is 0 Å². The van der Waals surface area contributed by atoms with Crippen LogP contribution in [-0.4, -0.2) is 22.4 Å². The van der Waals surface area contributed by atoms with Crippen molar-refractivity contribution in [2.45, 2.75) is 6.54 Å². The molecule has 2 heterocycles. The molecule has 4 aromatic rings. The number of ether oxygens (including phenoxy) is 1. The summed E-state index contributed by atoms with van der Waals surface area (Å²) in [6.45, 7) is -0.150. The number of fused-ring (bicyclic) bond motifs is 1. The number of aromatic nitrogens is 2. The summed E-state index contributed by atoms with van der Waals surface area (Å²) in [5.41, 5.74) is 1.62. The van der Waals surface area contributed by atoms with Crippen LogP contribution in [0.2, 0.25) is 0 Å². The Morgan fingerprint density at radius 1 is 1.14 bits per heavy atom. The first-order valence-electron chi connectivity index (χ1n) is 8.47. The molecule has 7 heteroatoms. The van der Waals surface area contributed by atoms with Crippen molar-refractivity contribution in [2.75, 3.05) is 7.11 Å². The number of nitrogens with zero attached hydrogens (tertiary/aromatic N) is 2. The molecule has 0 unspecified atom stereocenters. The maximum Gasteiger partial charge on any atom is 0.271 e. The standard InChI is InChI=1S/C21H15FN2O3S/c1-27-16-8-4-14(5-9-16)19-10-17-20(28-19)21(26)24(12-23-17)11-18(25)13-2-6-15(22)7-3-13/h2-10,12H,11H2,1H3. The van der Waals surface area contributed by atoms with Gasteiger partial charge in [0.05, 0.1) is 25.5 Å². The Morgan fingerprint density at radius 3 is 2.54 bits per heavy atom. The van der Waals surface area contributed by atoms with Gasteiger partial charge in [0.15, 0.2) is 5.78 Å². The molecule has 28 heavy (non-hydrogen) atoms. The van der Waals surface area contributed by atoms with Gasteiger partial charge in [0.25, 0.3) is 5.56 Å². The molecule has 0 aliphatic rings. The third-order valence-electron chi connectivity index (χ3n) is 4.36. The molecule has 0 aliphatic heterocycles. The van der Waals surface area contributed by atoms with Crippen molar-refractivity contribution < 1.29 is 13.9 Å². The molecule has 2 aromatic heterocycles. The Hall–Kier alpha value is -3.32. The average molecular weight is 394 g/mol. The summed E-state index contributed by atoms with van der Waals surface area (Å²) in [5.74, 6) is 0.0567. The van der Waals surface area contributed by atoms with Gasteiger partial charge in [0, 0.05) is 10.4 Å². The highest BCUT2D eigenvalue weighted by Crippen LogP contribution is 2.31. The second-order valence-corrected chi connectivity index (χ2v) is 7.21. The van der Waals surface area contributed by atoms with Gasteiger partial charge < -0.3 is 4.74 Å². The molecule has 0 saturated heterocycles. The van der Waals surface area contributed by atoms with Crippen molar-refractivity contribution >= 4 is 27.3 Å². The molecule has 0 fully saturated rings. The lowest BCUT2D eigenvalue weighted by molar-refractivity contribution is 0.0970. The minimum absolute atomic E-state index is 0.150. The van der Waals surface area contributed by atoms with E-state index in [1.165, 1.54) is 46.5 Å². The van der Waals surface area contributed by atoms with Crippen LogP contribution in [0.4, 0.5) is 4.39 Å². The van der Waals surface area contributed by atoms with E-state index in [0.717, 1.165) is 16.2 Å². The van der Waals surface area contributed by atoms with Crippen LogP contribution < -0.4 is 10.3 Å². The zero-order valence-corrected chi connectivity index (χ0v) is 15.7. The second kappa shape index (κ2) is 7.36. The Labute approximate surface area is 163 Å². The number of Topliss-reactive ketones (excluding diaryl/α,β-unsaturated/α-hetero) is 1. The number of ketones is 1. The fraction of sp³-hybridized carbons (Fsp3) is 0.0952. The van der Waals surface area contributed by atoms with E-state index in [4.69, 9.17) is 4.74 Å². The van der Waals surface area contributed by atoms with E-state index in [9.17, 15) is 14.0 Å². The van der Waals surface area contributed by atoms with Crippen molar-refractivity contribution in [1.82, 2.24) is 9.55 Å². The zero-order valence-electron chi connectivity index (χ0n) is 14.9. The fourth-order valence-electron chi connectivity index (χ4n) is 2.84. The Kier molecular flexibility index (Phi) is 4.75. The van der Waals surface area contributed by atoms with E-state index in [1.807, 2.05) is 30.3 Å². The number of methoxy groups -OCH3 is 1. The molecule has 0 atom stereocenters. The van der Waals surface area contributed by atoms with E-state index >= 15 is 0 Å². The fourth-order valence-corrected chi connectivity index (χ4v) is 3.90. The third-order valence-corrected chi connectivity index (χ3v) is 5.52. The molecular formula is C21H15FN2O3S. The highest BCUT2D eigenvalue weighted by Gasteiger charge is 2.13. The molecule has 0 bridgehead atoms. The summed E-state index contributed by atoms with van der Waals surface area (Å²) in [6.07, 6.45) is 1.37. The number of rotatable bonds is 5. The van der Waals surface area contributed by atoms with Crippen molar-refractivity contribution in [2.24, 2.45) is 0 Å². The van der Waals surface area contributed by atoms with Crippen molar-refractivity contribution in [3.05, 3.63) is 82.7 Å². The Morgan fingerprint density at radius 2 is 1.86 bits per heavy atom. The molecule has 0 amide bonds. The van der Waals surface area contributed by atoms with Crippen LogP contribution in [0, 0.1) is 5.82 Å². The van der Waals surface area contributed by atoms with Gasteiger partial charge in [-0.3, -0.25) is 14.2 Å². The van der Waals surface area contributed by atoms with Crippen LogP contribution in [0.15, 0.2) is 65.7 Å². The van der Waals surface area contributed by atoms with Crippen LogP contribution in [0.1, 0.15) is 10.4 Å². The molecule has 140 valence electrons. The molecular weight excluding hydrogens is 379 g/mol. The quantitative estimate of drug-likeness (QED) is 0.477. The van der Waals surface area contributed by atoms with Gasteiger partial charge in [-0.25, -0.2) is 9.37 Å². The SMILES string of the molecule is COc1ccc(-c2cc3ncn(CC(=O)c4ccc(F)cc4)c(=O)c3s2)cc1. The van der Waals surface area contributed by atoms with Gasteiger partial charge in [0.2, 0.25) is 0 Å². The van der Waals surface area contributed by atoms with Gasteiger partial charge in [-0.05, 0) is 60.2 Å². The van der Waals surface area contributed by atoms with Gasteiger partial charge in [0.1, 0.15) is 16.3 Å². The predicted molar refractivity (Wildman–Crippen MR) is 107 cm³/mol. The van der Waals surface area contributed by atoms with E-state index in [0.29, 0.717) is 15.8 Å². The summed E-state index contributed by atoms with van der Waals surface area (Å²) in [6, 6.07) is 14.6. The van der Waals surface area contributed by atoms with Crippen molar-refractivity contribution in [1.29, 1.82) is 0 Å². The first kappa shape index (κ1) is 18.1. The Bertz CT molecular complexity index is 1210. The van der Waals surface area contributed by atoms with E-state index in [2.05, 4.69) is 4.98 Å². The number of carbonyl (C=O) groups excluding carboxylic acids is 1. The lowest BCUT2D eigenvalue weighted by atomic mass is 10.1. The predicted octanol–water partition coefficient (Wildman–Crippen LogP) is 4.16. The first-order chi connectivity index (χ1) is 13.5. The van der Waals surface area contributed by atoms with Gasteiger partial charge in [-0.1, -0.05) is 0 Å². The minimum Gasteiger partial charge on any atom is -0.497 e. The largest absolute Gasteiger partial charge is 0.497 e. The van der Waals surface area contributed by atoms with E-state index in [-0.39, 0.29) is 17.9 Å². The summed E-state index contributed by atoms with van der Waals surface area (Å²) in [7, 11) is 1.61. The molecule has 2 aromatic carbocycles. The van der Waals surface area contributed by atoms with Crippen LogP contribution in [-0.2, 0) is 6.54 Å². The molecule has 0 N–H and O–H groups in total. The lowest BCUT2D eigenvalue weighted by Gasteiger charge is -2.04. The van der Waals surface area contributed by atoms with E-state index < -0.39 is 5.82 Å². The number of hydrogen-bond acceptors (Lipinski definition) is 5. The summed E-state index contributed by atoms with van der Waals surface area (Å²) < 4.78 is 19.9. The van der Waals surface area contributed by atoms with Crippen LogP contribution in [0.3, 0.4) is 0 Å². The average Bonchev–Trinajstić information content (AvgIpc) is 3.16. The monoisotopic (exact) mass is 394 g/mol. The second-order valence-electron chi connectivity index (χ2n) is 6.16. The highest BCUT2D eigenvalue weighted by atomic mass is 32.1. The van der Waals surface area contributed by atoms with Gasteiger partial charge in [-0.2, -0.15) is 0 Å². The molecule has 5 nitrogen and oxygen atoms in total. The van der Waals surface area contributed by atoms with Gasteiger partial charge in [-0.15, -0.1) is 11.3 Å².